The summed E-state index contributed by atoms with van der Waals surface area (Å²) in [5.41, 5.74) is 2.34. The summed E-state index contributed by atoms with van der Waals surface area (Å²) in [5, 5.41) is 22.3. The number of nitrogens with zero attached hydrogens (tertiary/aromatic N) is 1. The van der Waals surface area contributed by atoms with Gasteiger partial charge in [0, 0.05) is 91.7 Å². The zero-order valence-corrected chi connectivity index (χ0v) is 69.4. The highest BCUT2D eigenvalue weighted by molar-refractivity contribution is 6.11. The van der Waals surface area contributed by atoms with Crippen molar-refractivity contribution in [2.45, 2.75) is 87.9 Å². The highest BCUT2D eigenvalue weighted by atomic mass is 19.3. The number of halogens is 16. The van der Waals surface area contributed by atoms with Gasteiger partial charge in [-0.3, -0.25) is 47.9 Å². The van der Waals surface area contributed by atoms with Crippen molar-refractivity contribution in [3.8, 4) is 0 Å². The van der Waals surface area contributed by atoms with Crippen LogP contribution in [-0.4, -0.2) is 104 Å². The molecule has 15 rings (SSSR count). The van der Waals surface area contributed by atoms with Crippen LogP contribution in [0.15, 0.2) is 218 Å². The molecule has 8 unspecified atom stereocenters. The largest absolute Gasteiger partial charge is 0.355 e. The van der Waals surface area contributed by atoms with Gasteiger partial charge in [0.15, 0.2) is 40.7 Å². The van der Waals surface area contributed by atoms with Crippen molar-refractivity contribution in [3.63, 3.8) is 0 Å². The van der Waals surface area contributed by atoms with Crippen molar-refractivity contribution in [2.75, 3.05) is 66.4 Å². The molecular weight excluding hydrogens is 1750 g/mol. The Morgan fingerprint density at radius 1 is 0.305 bits per heavy atom. The molecule has 5 fully saturated rings. The molecule has 10 aromatic rings. The Kier molecular flexibility index (Phi) is 33.2. The van der Waals surface area contributed by atoms with Crippen LogP contribution in [-0.2, 0) is 47.9 Å². The van der Waals surface area contributed by atoms with Crippen LogP contribution >= 0.6 is 0 Å². The number of nitrogens with one attached hydrogen (secondary N) is 9. The van der Waals surface area contributed by atoms with E-state index in [-0.39, 0.29) is 71.1 Å². The number of hydrogen-bond donors (Lipinski definition) is 9. The lowest BCUT2D eigenvalue weighted by molar-refractivity contribution is -0.143. The van der Waals surface area contributed by atoms with Gasteiger partial charge in [0.25, 0.3) is 19.3 Å². The monoisotopic (exact) mass is 1830 g/mol. The summed E-state index contributed by atoms with van der Waals surface area (Å²) in [5.74, 6) is -25.1. The maximum absolute atomic E-state index is 13.8. The Morgan fingerprint density at radius 3 is 0.977 bits per heavy atom. The number of carbonyl (C=O) groups excluding carboxylic acids is 10. The first kappa shape index (κ1) is 97.4. The number of rotatable bonds is 18. The average molecular weight is 1830 g/mol. The first-order valence-electron chi connectivity index (χ1n) is 41.0. The minimum Gasteiger partial charge on any atom is -0.355 e. The second-order valence-corrected chi connectivity index (χ2v) is 31.0. The molecule has 5 aliphatic heterocycles. The number of carbonyl (C=O) groups is 10. The number of benzene rings is 10. The van der Waals surface area contributed by atoms with Gasteiger partial charge in [-0.25, -0.2) is 70.2 Å². The van der Waals surface area contributed by atoms with Gasteiger partial charge < -0.3 is 52.8 Å². The fraction of sp³-hybridized carbons (Fsp3) is 0.263. The molecule has 5 saturated heterocycles. The van der Waals surface area contributed by atoms with E-state index in [0.29, 0.717) is 79.3 Å². The third kappa shape index (κ3) is 24.4. The third-order valence-electron chi connectivity index (χ3n) is 22.6. The van der Waals surface area contributed by atoms with Crippen LogP contribution in [0.1, 0.15) is 131 Å². The van der Waals surface area contributed by atoms with Crippen molar-refractivity contribution in [3.05, 3.63) is 327 Å². The van der Waals surface area contributed by atoms with Gasteiger partial charge in [-0.15, -0.1) is 0 Å². The van der Waals surface area contributed by atoms with E-state index in [1.54, 1.807) is 43.4 Å². The van der Waals surface area contributed by atoms with Crippen LogP contribution < -0.4 is 47.9 Å². The highest BCUT2D eigenvalue weighted by Gasteiger charge is 2.45. The molecule has 0 saturated carbocycles. The Morgan fingerprint density at radius 2 is 0.603 bits per heavy atom. The molecule has 0 spiro atoms. The molecule has 20 nitrogen and oxygen atoms in total. The average Bonchev–Trinajstić information content (AvgIpc) is 0.810. The molecule has 5 aliphatic rings. The summed E-state index contributed by atoms with van der Waals surface area (Å²) >= 11 is 0. The lowest BCUT2D eigenvalue weighted by Gasteiger charge is -2.35. The van der Waals surface area contributed by atoms with Crippen LogP contribution in [0.4, 0.5) is 98.7 Å². The van der Waals surface area contributed by atoms with Gasteiger partial charge in [-0.2, -0.15) is 0 Å². The van der Waals surface area contributed by atoms with Crippen LogP contribution in [0.3, 0.4) is 0 Å². The summed E-state index contributed by atoms with van der Waals surface area (Å²) in [6.45, 7) is 3.69. The van der Waals surface area contributed by atoms with Crippen LogP contribution in [0, 0.1) is 94.7 Å². The molecular formula is C95H84F16N10O10. The predicted octanol–water partition coefficient (Wildman–Crippen LogP) is 17.6. The van der Waals surface area contributed by atoms with E-state index in [4.69, 9.17) is 0 Å². The van der Waals surface area contributed by atoms with Gasteiger partial charge in [0.2, 0.25) is 59.1 Å². The SMILES string of the molecule is CN1CCC(c2ccc(F)cc2)[C@@H](C(=O)Nc2cccc(F)c2F)C1=O.Cc1ccccc1NC(=O)[C@H]1C(=O)NCCC1c1ccc(F)cc1.O=C1NCCC(c2cccc(C(F)F)c2)C1C(=O)Nc1ccc(F)c(F)c1F.O=C1NCCC(c2cccc(C(F)F)c2)C1C(=O)Nc1cccc(F)c1F.O=C1NCCC(c2cccc(C(F)F)c2)C1C(=O)Nc1ccccc1F. The van der Waals surface area contributed by atoms with Crippen molar-refractivity contribution in [2.24, 2.45) is 29.6 Å². The van der Waals surface area contributed by atoms with Gasteiger partial charge in [0.05, 0.1) is 22.7 Å². The molecule has 0 aliphatic carbocycles. The number of hydrogen-bond acceptors (Lipinski definition) is 10. The summed E-state index contributed by atoms with van der Waals surface area (Å²) in [6.07, 6.45) is -5.84. The molecule has 5 heterocycles. The fourth-order valence-corrected chi connectivity index (χ4v) is 15.9. The van der Waals surface area contributed by atoms with Crippen molar-refractivity contribution < 1.29 is 118 Å². The van der Waals surface area contributed by atoms with E-state index in [2.05, 4.69) is 47.9 Å². The Bertz CT molecular complexity index is 5840. The molecule has 0 bridgehead atoms. The molecule has 9 N–H and O–H groups in total. The lowest BCUT2D eigenvalue weighted by atomic mass is 9.79. The summed E-state index contributed by atoms with van der Waals surface area (Å²) in [7, 11) is 1.58. The fourth-order valence-electron chi connectivity index (χ4n) is 15.9. The number of anilines is 5. The highest BCUT2D eigenvalue weighted by Crippen LogP contribution is 2.41. The van der Waals surface area contributed by atoms with E-state index in [0.717, 1.165) is 29.3 Å². The van der Waals surface area contributed by atoms with Gasteiger partial charge in [0.1, 0.15) is 47.0 Å². The van der Waals surface area contributed by atoms with E-state index in [9.17, 15) is 118 Å². The number of piperidine rings is 5. The van der Waals surface area contributed by atoms with Crippen LogP contribution in [0.2, 0.25) is 0 Å². The molecule has 36 heteroatoms. The first-order valence-corrected chi connectivity index (χ1v) is 41.0. The maximum atomic E-state index is 13.8. The van der Waals surface area contributed by atoms with E-state index in [1.807, 2.05) is 25.1 Å². The second-order valence-electron chi connectivity index (χ2n) is 31.0. The first-order chi connectivity index (χ1) is 62.6. The lowest BCUT2D eigenvalue weighted by Crippen LogP contribution is -2.47. The zero-order valence-electron chi connectivity index (χ0n) is 69.4. The summed E-state index contributed by atoms with van der Waals surface area (Å²) < 4.78 is 213. The summed E-state index contributed by atoms with van der Waals surface area (Å²) in [4.78, 5) is 127. The molecule has 131 heavy (non-hydrogen) atoms. The molecule has 10 atom stereocenters. The number of aryl methyl sites for hydroxylation is 1. The zero-order chi connectivity index (χ0) is 94.6. The van der Waals surface area contributed by atoms with E-state index in [1.165, 1.54) is 144 Å². The van der Waals surface area contributed by atoms with Gasteiger partial charge in [-0.05, 0) is 169 Å². The minimum absolute atomic E-state index is 0.0315. The van der Waals surface area contributed by atoms with Crippen LogP contribution in [0.25, 0.3) is 0 Å². The van der Waals surface area contributed by atoms with Gasteiger partial charge >= 0.3 is 0 Å². The molecule has 10 aromatic carbocycles. The number of likely N-dealkylation sites (tertiary alicyclic amines) is 1. The molecule has 0 radical (unpaired) electrons. The topological polar surface area (TPSA) is 282 Å². The number of amides is 10. The standard InChI is InChI=1S/C19H15F5N2O2.C19H16F4N2O2.2C19H17F3N2O2.C19H19FN2O2/c20-12-4-5-13(16(22)15(12)21)26-19(28)14-11(6-7-25-18(14)27)9-2-1-3-10(8-9)17(23)24;20-13-5-2-6-14(16(13)21)25-19(27)15-12(7-8-24-18(15)26)10-3-1-4-11(9-10)17(22)23;1-24-10-9-13(11-5-7-12(20)8-6-11)16(19(24)26)18(25)23-15-4-2-3-14(21)17(15)22;20-14-6-1-2-7-15(14)24-19(26)16-13(8-9-23-18(16)25)11-4-3-5-12(10-11)17(21)22;1-12-4-2-3-5-16(12)22-19(24)17-15(10-11-21-18(17)23)13-6-8-14(20)9-7-13/h1-5,8,11,14,17H,6-7H2,(H,25,27)(H,26,28);1-6,9,12,15,17H,7-8H2,(H,24,26)(H,25,27);2-8,13,16H,9-10H2,1H3,(H,23,25);1-7,10,13,16-17H,8-9H2,(H,23,25)(H,24,26);2-9,15,17H,10-11H2,1H3,(H,21,23)(H,22,24)/t;;13?,16-;;15?,17-/m..0.1/s1. The number of alkyl halides is 6. The Labute approximate surface area is 739 Å². The van der Waals surface area contributed by atoms with Crippen molar-refractivity contribution >= 4 is 87.5 Å². The Hall–Kier alpha value is -14.2. The van der Waals surface area contributed by atoms with E-state index < -0.39 is 184 Å². The van der Waals surface area contributed by atoms with Crippen molar-refractivity contribution in [1.29, 1.82) is 0 Å². The minimum atomic E-state index is -2.72. The van der Waals surface area contributed by atoms with Crippen LogP contribution in [0.5, 0.6) is 0 Å². The smallest absolute Gasteiger partial charge is 0.263 e. The Balaban J connectivity index is 0.000000158. The summed E-state index contributed by atoms with van der Waals surface area (Å²) in [6, 6.07) is 49.4. The normalized spacial score (nSPS) is 19.9. The van der Waals surface area contributed by atoms with Gasteiger partial charge in [-0.1, -0.05) is 121 Å². The molecule has 10 amide bonds. The predicted molar refractivity (Wildman–Crippen MR) is 451 cm³/mol. The second kappa shape index (κ2) is 44.7. The van der Waals surface area contributed by atoms with E-state index >= 15 is 0 Å². The van der Waals surface area contributed by atoms with Crippen molar-refractivity contribution in [1.82, 2.24) is 26.2 Å². The molecule has 686 valence electrons. The quantitative estimate of drug-likeness (QED) is 0.0222. The molecule has 0 aromatic heterocycles. The maximum Gasteiger partial charge on any atom is 0.263 e. The third-order valence-corrected chi connectivity index (χ3v) is 22.6. The number of para-hydroxylation sites is 2.